The summed E-state index contributed by atoms with van der Waals surface area (Å²) in [5.41, 5.74) is -0.0134. The number of nitrogens with zero attached hydrogens (tertiary/aromatic N) is 2. The molecule has 0 aliphatic heterocycles. The highest BCUT2D eigenvalue weighted by atomic mass is 16.6. The number of anilines is 2. The number of pyridine rings is 1. The summed E-state index contributed by atoms with van der Waals surface area (Å²) in [6, 6.07) is 2.77. The fourth-order valence-corrected chi connectivity index (χ4v) is 1.39. The number of nitrogens with one attached hydrogen (secondary N) is 2. The summed E-state index contributed by atoms with van der Waals surface area (Å²) >= 11 is 0. The molecule has 3 N–H and O–H groups in total. The molecule has 0 aliphatic rings. The van der Waals surface area contributed by atoms with Gasteiger partial charge in [0.15, 0.2) is 0 Å². The molecule has 0 bridgehead atoms. The van der Waals surface area contributed by atoms with Crippen molar-refractivity contribution in [3.8, 4) is 0 Å². The van der Waals surface area contributed by atoms with Crippen molar-refractivity contribution in [1.82, 2.24) is 4.98 Å². The van der Waals surface area contributed by atoms with Crippen LogP contribution in [0.4, 0.5) is 17.3 Å². The maximum Gasteiger partial charge on any atom is 0.276 e. The zero-order chi connectivity index (χ0) is 13.5. The van der Waals surface area contributed by atoms with Gasteiger partial charge in [-0.25, -0.2) is 4.98 Å². The zero-order valence-electron chi connectivity index (χ0n) is 10.5. The Balaban J connectivity index is 2.79. The molecule has 1 heterocycles. The van der Waals surface area contributed by atoms with Gasteiger partial charge in [-0.05, 0) is 20.3 Å². The first-order valence-corrected chi connectivity index (χ1v) is 5.85. The Morgan fingerprint density at radius 2 is 2.06 bits per heavy atom. The summed E-state index contributed by atoms with van der Waals surface area (Å²) in [4.78, 5) is 14.5. The molecule has 100 valence electrons. The van der Waals surface area contributed by atoms with Gasteiger partial charge in [0.2, 0.25) is 0 Å². The van der Waals surface area contributed by atoms with E-state index in [0.717, 1.165) is 0 Å². The maximum atomic E-state index is 10.8. The second-order valence-corrected chi connectivity index (χ2v) is 3.95. The number of rotatable bonds is 7. The number of aliphatic hydroxyl groups is 1. The van der Waals surface area contributed by atoms with E-state index in [9.17, 15) is 10.1 Å². The third-order valence-corrected chi connectivity index (χ3v) is 2.25. The molecule has 0 aromatic carbocycles. The summed E-state index contributed by atoms with van der Waals surface area (Å²) < 4.78 is 0. The zero-order valence-corrected chi connectivity index (χ0v) is 10.5. The highest BCUT2D eigenvalue weighted by Crippen LogP contribution is 2.20. The minimum atomic E-state index is -0.456. The smallest absolute Gasteiger partial charge is 0.276 e. The van der Waals surface area contributed by atoms with Gasteiger partial charge in [-0.3, -0.25) is 10.1 Å². The van der Waals surface area contributed by atoms with Crippen LogP contribution in [0.15, 0.2) is 12.1 Å². The Morgan fingerprint density at radius 1 is 1.44 bits per heavy atom. The maximum absolute atomic E-state index is 10.8. The molecule has 7 nitrogen and oxygen atoms in total. The molecule has 1 rings (SSSR count). The molecule has 18 heavy (non-hydrogen) atoms. The number of aromatic nitrogens is 1. The number of hydrogen-bond donors (Lipinski definition) is 3. The van der Waals surface area contributed by atoms with E-state index >= 15 is 0 Å². The summed E-state index contributed by atoms with van der Waals surface area (Å²) in [5.74, 6) is 0.895. The van der Waals surface area contributed by atoms with Crippen molar-refractivity contribution in [2.45, 2.75) is 26.4 Å². The fourth-order valence-electron chi connectivity index (χ4n) is 1.39. The minimum Gasteiger partial charge on any atom is -0.393 e. The second-order valence-electron chi connectivity index (χ2n) is 3.95. The van der Waals surface area contributed by atoms with Crippen LogP contribution in [0.3, 0.4) is 0 Å². The molecule has 1 unspecified atom stereocenters. The van der Waals surface area contributed by atoms with E-state index in [0.29, 0.717) is 31.1 Å². The Hall–Kier alpha value is -1.89. The topological polar surface area (TPSA) is 100 Å². The number of hydrogen-bond acceptors (Lipinski definition) is 6. The number of aliphatic hydroxyl groups excluding tert-OH is 1. The summed E-state index contributed by atoms with van der Waals surface area (Å²) in [6.45, 7) is 4.73. The van der Waals surface area contributed by atoms with Gasteiger partial charge in [-0.2, -0.15) is 0 Å². The van der Waals surface area contributed by atoms with E-state index in [1.54, 1.807) is 6.92 Å². The van der Waals surface area contributed by atoms with Gasteiger partial charge in [-0.15, -0.1) is 0 Å². The van der Waals surface area contributed by atoms with Gasteiger partial charge < -0.3 is 15.7 Å². The minimum absolute atomic E-state index is 0.0134. The van der Waals surface area contributed by atoms with Crippen molar-refractivity contribution in [3.63, 3.8) is 0 Å². The van der Waals surface area contributed by atoms with Crippen LogP contribution in [-0.4, -0.2) is 34.2 Å². The Labute approximate surface area is 105 Å². The summed E-state index contributed by atoms with van der Waals surface area (Å²) in [7, 11) is 0. The lowest BCUT2D eigenvalue weighted by atomic mass is 10.3. The van der Waals surface area contributed by atoms with E-state index in [4.69, 9.17) is 5.11 Å². The van der Waals surface area contributed by atoms with E-state index < -0.39 is 11.0 Å². The van der Waals surface area contributed by atoms with Crippen LogP contribution >= 0.6 is 0 Å². The van der Waals surface area contributed by atoms with Crippen molar-refractivity contribution in [1.29, 1.82) is 0 Å². The van der Waals surface area contributed by atoms with Crippen molar-refractivity contribution in [2.75, 3.05) is 23.7 Å². The standard InChI is InChI=1S/C11H18N4O3/c1-3-12-10-6-9(15(17)18)7-11(14-10)13-5-4-8(2)16/h6-8,16H,3-5H2,1-2H3,(H2,12,13,14). The van der Waals surface area contributed by atoms with Gasteiger partial charge >= 0.3 is 0 Å². The SMILES string of the molecule is CCNc1cc([N+](=O)[O-])cc(NCCC(C)O)n1. The Bertz CT molecular complexity index is 409. The molecule has 0 aliphatic carbocycles. The lowest BCUT2D eigenvalue weighted by molar-refractivity contribution is -0.384. The lowest BCUT2D eigenvalue weighted by Crippen LogP contribution is -2.11. The van der Waals surface area contributed by atoms with Crippen LogP contribution in [0.1, 0.15) is 20.3 Å². The average molecular weight is 254 g/mol. The molecule has 0 amide bonds. The van der Waals surface area contributed by atoms with Crippen molar-refractivity contribution in [3.05, 3.63) is 22.2 Å². The van der Waals surface area contributed by atoms with Crippen LogP contribution in [0.25, 0.3) is 0 Å². The van der Waals surface area contributed by atoms with Crippen LogP contribution in [0.5, 0.6) is 0 Å². The molecule has 1 aromatic rings. The summed E-state index contributed by atoms with van der Waals surface area (Å²) in [6.07, 6.45) is 0.144. The first-order valence-electron chi connectivity index (χ1n) is 5.85. The predicted octanol–water partition coefficient (Wildman–Crippen LogP) is 1.60. The van der Waals surface area contributed by atoms with Gasteiger partial charge in [0, 0.05) is 13.1 Å². The van der Waals surface area contributed by atoms with E-state index in [1.807, 2.05) is 6.92 Å². The molecule has 0 saturated heterocycles. The second kappa shape index (κ2) is 6.75. The predicted molar refractivity (Wildman–Crippen MR) is 69.8 cm³/mol. The van der Waals surface area contributed by atoms with Crippen molar-refractivity contribution in [2.24, 2.45) is 0 Å². The molecule has 0 fully saturated rings. The number of nitro groups is 1. The van der Waals surface area contributed by atoms with Crippen LogP contribution in [0.2, 0.25) is 0 Å². The van der Waals surface area contributed by atoms with Gasteiger partial charge in [0.05, 0.1) is 23.2 Å². The molecular weight excluding hydrogens is 236 g/mol. The molecule has 1 aromatic heterocycles. The molecule has 7 heteroatoms. The normalized spacial score (nSPS) is 11.9. The van der Waals surface area contributed by atoms with E-state index in [-0.39, 0.29) is 5.69 Å². The van der Waals surface area contributed by atoms with E-state index in [2.05, 4.69) is 15.6 Å². The van der Waals surface area contributed by atoms with Crippen LogP contribution < -0.4 is 10.6 Å². The Morgan fingerprint density at radius 3 is 2.56 bits per heavy atom. The largest absolute Gasteiger partial charge is 0.393 e. The monoisotopic (exact) mass is 254 g/mol. The quantitative estimate of drug-likeness (QED) is 0.505. The highest BCUT2D eigenvalue weighted by molar-refractivity contribution is 5.54. The van der Waals surface area contributed by atoms with Crippen molar-refractivity contribution < 1.29 is 10.0 Å². The van der Waals surface area contributed by atoms with Crippen LogP contribution in [-0.2, 0) is 0 Å². The highest BCUT2D eigenvalue weighted by Gasteiger charge is 2.10. The molecule has 0 saturated carbocycles. The van der Waals surface area contributed by atoms with Crippen molar-refractivity contribution >= 4 is 17.3 Å². The summed E-state index contributed by atoms with van der Waals surface area (Å²) in [5, 5.41) is 25.8. The van der Waals surface area contributed by atoms with Gasteiger partial charge in [-0.1, -0.05) is 0 Å². The lowest BCUT2D eigenvalue weighted by Gasteiger charge is -2.09. The molecular formula is C11H18N4O3. The third kappa shape index (κ3) is 4.54. The first kappa shape index (κ1) is 14.2. The van der Waals surface area contributed by atoms with Gasteiger partial charge in [0.1, 0.15) is 11.6 Å². The van der Waals surface area contributed by atoms with Crippen LogP contribution in [0, 0.1) is 10.1 Å². The Kier molecular flexibility index (Phi) is 5.31. The molecule has 0 spiro atoms. The fraction of sp³-hybridized carbons (Fsp3) is 0.545. The van der Waals surface area contributed by atoms with E-state index in [1.165, 1.54) is 12.1 Å². The molecule has 1 atom stereocenters. The molecule has 0 radical (unpaired) electrons. The average Bonchev–Trinajstić information content (AvgIpc) is 2.28. The third-order valence-electron chi connectivity index (χ3n) is 2.25. The van der Waals surface area contributed by atoms with Gasteiger partial charge in [0.25, 0.3) is 5.69 Å². The first-order chi connectivity index (χ1) is 8.52.